The topological polar surface area (TPSA) is 89.1 Å². The van der Waals surface area contributed by atoms with Gasteiger partial charge in [0.05, 0.1) is 5.75 Å². The first-order valence-corrected chi connectivity index (χ1v) is 11.0. The minimum Gasteiger partial charge on any atom is -0.486 e. The Bertz CT molecular complexity index is 986. The number of benzene rings is 1. The third kappa shape index (κ3) is 5.61. The lowest BCUT2D eigenvalue weighted by molar-refractivity contribution is -0.118. The fourth-order valence-electron chi connectivity index (χ4n) is 2.72. The Hall–Kier alpha value is -2.78. The van der Waals surface area contributed by atoms with Crippen LogP contribution < -0.4 is 14.8 Å². The molecular formula is C20H20N4O3S2. The highest BCUT2D eigenvalue weighted by Gasteiger charge is 2.12. The highest BCUT2D eigenvalue weighted by atomic mass is 32.2. The fourth-order valence-corrected chi connectivity index (χ4v) is 3.97. The predicted octanol–water partition coefficient (Wildman–Crippen LogP) is 3.26. The molecule has 0 bridgehead atoms. The van der Waals surface area contributed by atoms with E-state index < -0.39 is 0 Å². The lowest BCUT2D eigenvalue weighted by Gasteiger charge is -2.18. The lowest BCUT2D eigenvalue weighted by atomic mass is 10.1. The minimum absolute atomic E-state index is 0.0481. The van der Waals surface area contributed by atoms with E-state index in [-0.39, 0.29) is 11.7 Å². The van der Waals surface area contributed by atoms with Crippen LogP contribution in [0.15, 0.2) is 40.9 Å². The summed E-state index contributed by atoms with van der Waals surface area (Å²) in [6, 6.07) is 9.90. The summed E-state index contributed by atoms with van der Waals surface area (Å²) < 4.78 is 11.1. The number of thiophene rings is 1. The first-order valence-electron chi connectivity index (χ1n) is 9.18. The standard InChI is InChI=1S/C20H20N4O3S2/c25-19(21-8-7-14-3-5-16-17(12-14)27-10-9-26-16)13-29-20-22-18(23-24-20)6-4-15-2-1-11-28-15/h1-6,11-12H,7-10,13H2,(H,21,25)(H,22,23,24)/b6-4+. The molecule has 1 aliphatic rings. The average molecular weight is 429 g/mol. The van der Waals surface area contributed by atoms with E-state index in [0.717, 1.165) is 28.4 Å². The molecule has 150 valence electrons. The van der Waals surface area contributed by atoms with Crippen LogP contribution in [-0.2, 0) is 11.2 Å². The van der Waals surface area contributed by atoms with E-state index in [4.69, 9.17) is 9.47 Å². The van der Waals surface area contributed by atoms with Crippen LogP contribution in [0.5, 0.6) is 11.5 Å². The van der Waals surface area contributed by atoms with Crippen molar-refractivity contribution >= 4 is 41.2 Å². The first-order chi connectivity index (χ1) is 14.3. The molecule has 9 heteroatoms. The summed E-state index contributed by atoms with van der Waals surface area (Å²) in [6.45, 7) is 1.70. The molecule has 3 heterocycles. The van der Waals surface area contributed by atoms with Gasteiger partial charge in [0.25, 0.3) is 0 Å². The Morgan fingerprint density at radius 3 is 3.00 bits per heavy atom. The lowest BCUT2D eigenvalue weighted by Crippen LogP contribution is -2.27. The normalized spacial score (nSPS) is 13.0. The number of carbonyl (C=O) groups is 1. The van der Waals surface area contributed by atoms with E-state index in [0.29, 0.717) is 30.7 Å². The third-order valence-electron chi connectivity index (χ3n) is 4.11. The molecular weight excluding hydrogens is 408 g/mol. The zero-order chi connectivity index (χ0) is 19.9. The van der Waals surface area contributed by atoms with Crippen molar-refractivity contribution in [3.63, 3.8) is 0 Å². The van der Waals surface area contributed by atoms with Crippen LogP contribution in [0.2, 0.25) is 0 Å². The Morgan fingerprint density at radius 1 is 1.24 bits per heavy atom. The number of ether oxygens (including phenoxy) is 2. The van der Waals surface area contributed by atoms with Crippen LogP contribution in [-0.4, -0.2) is 46.6 Å². The molecule has 0 atom stereocenters. The van der Waals surface area contributed by atoms with Gasteiger partial charge in [-0.15, -0.1) is 16.4 Å². The van der Waals surface area contributed by atoms with Gasteiger partial charge < -0.3 is 14.8 Å². The summed E-state index contributed by atoms with van der Waals surface area (Å²) in [7, 11) is 0. The molecule has 3 aromatic rings. The van der Waals surface area contributed by atoms with Crippen LogP contribution in [0, 0.1) is 0 Å². The molecule has 2 aromatic heterocycles. The number of nitrogens with zero attached hydrogens (tertiary/aromatic N) is 2. The molecule has 0 aliphatic carbocycles. The summed E-state index contributed by atoms with van der Waals surface area (Å²) >= 11 is 2.96. The summed E-state index contributed by atoms with van der Waals surface area (Å²) in [6.07, 6.45) is 4.58. The van der Waals surface area contributed by atoms with Crippen molar-refractivity contribution in [2.45, 2.75) is 11.6 Å². The maximum atomic E-state index is 12.1. The van der Waals surface area contributed by atoms with Crippen LogP contribution >= 0.6 is 23.1 Å². The maximum Gasteiger partial charge on any atom is 0.230 e. The highest BCUT2D eigenvalue weighted by Crippen LogP contribution is 2.30. The second-order valence-electron chi connectivity index (χ2n) is 6.22. The number of hydrogen-bond acceptors (Lipinski definition) is 7. The van der Waals surface area contributed by atoms with Crippen molar-refractivity contribution in [2.24, 2.45) is 0 Å². The molecule has 0 saturated heterocycles. The second-order valence-corrected chi connectivity index (χ2v) is 8.14. The molecule has 0 unspecified atom stereocenters. The number of rotatable bonds is 8. The molecule has 0 spiro atoms. The van der Waals surface area contributed by atoms with Crippen molar-refractivity contribution in [2.75, 3.05) is 25.5 Å². The van der Waals surface area contributed by atoms with Gasteiger partial charge in [-0.25, -0.2) is 4.98 Å². The molecule has 2 N–H and O–H groups in total. The molecule has 0 fully saturated rings. The summed E-state index contributed by atoms with van der Waals surface area (Å²) in [5, 5.41) is 12.5. The van der Waals surface area contributed by atoms with Gasteiger partial charge in [-0.1, -0.05) is 23.9 Å². The summed E-state index contributed by atoms with van der Waals surface area (Å²) in [5.74, 6) is 2.43. The van der Waals surface area contributed by atoms with Gasteiger partial charge in [0.2, 0.25) is 11.1 Å². The van der Waals surface area contributed by atoms with E-state index in [1.54, 1.807) is 11.3 Å². The van der Waals surface area contributed by atoms with E-state index in [1.807, 2.05) is 47.9 Å². The Balaban J connectivity index is 1.19. The van der Waals surface area contributed by atoms with Crippen LogP contribution in [0.3, 0.4) is 0 Å². The Kier molecular flexibility index (Phi) is 6.48. The molecule has 29 heavy (non-hydrogen) atoms. The largest absolute Gasteiger partial charge is 0.486 e. The van der Waals surface area contributed by atoms with Gasteiger partial charge in [0.15, 0.2) is 11.5 Å². The quantitative estimate of drug-likeness (QED) is 0.536. The smallest absolute Gasteiger partial charge is 0.230 e. The number of carbonyl (C=O) groups excluding carboxylic acids is 1. The zero-order valence-corrected chi connectivity index (χ0v) is 17.2. The molecule has 0 radical (unpaired) electrons. The van der Waals surface area contributed by atoms with E-state index in [1.165, 1.54) is 11.8 Å². The van der Waals surface area contributed by atoms with Crippen LogP contribution in [0.1, 0.15) is 16.3 Å². The van der Waals surface area contributed by atoms with Crippen molar-refractivity contribution in [1.82, 2.24) is 20.5 Å². The van der Waals surface area contributed by atoms with Crippen molar-refractivity contribution in [3.8, 4) is 11.5 Å². The number of aromatic nitrogens is 3. The van der Waals surface area contributed by atoms with Crippen molar-refractivity contribution in [3.05, 3.63) is 52.0 Å². The molecule has 1 aromatic carbocycles. The molecule has 1 aliphatic heterocycles. The van der Waals surface area contributed by atoms with Crippen molar-refractivity contribution < 1.29 is 14.3 Å². The van der Waals surface area contributed by atoms with Gasteiger partial charge >= 0.3 is 0 Å². The Morgan fingerprint density at radius 2 is 2.14 bits per heavy atom. The second kappa shape index (κ2) is 9.62. The fraction of sp³-hybridized carbons (Fsp3) is 0.250. The number of fused-ring (bicyclic) bond motifs is 1. The summed E-state index contributed by atoms with van der Waals surface area (Å²) in [5.41, 5.74) is 1.10. The number of amides is 1. The zero-order valence-electron chi connectivity index (χ0n) is 15.6. The maximum absolute atomic E-state index is 12.1. The van der Waals surface area contributed by atoms with Gasteiger partial charge in [-0.2, -0.15) is 0 Å². The highest BCUT2D eigenvalue weighted by molar-refractivity contribution is 7.99. The Labute approximate surface area is 176 Å². The van der Waals surface area contributed by atoms with Crippen LogP contribution in [0.4, 0.5) is 0 Å². The SMILES string of the molecule is O=C(CSc1n[nH]c(/C=C/c2cccs2)n1)NCCc1ccc2c(c1)OCCO2. The molecule has 7 nitrogen and oxygen atoms in total. The number of hydrogen-bond donors (Lipinski definition) is 2. The van der Waals surface area contributed by atoms with E-state index in [9.17, 15) is 4.79 Å². The average Bonchev–Trinajstić information content (AvgIpc) is 3.42. The van der Waals surface area contributed by atoms with Gasteiger partial charge in [0.1, 0.15) is 19.0 Å². The molecule has 0 saturated carbocycles. The summed E-state index contributed by atoms with van der Waals surface area (Å²) in [4.78, 5) is 17.6. The van der Waals surface area contributed by atoms with Crippen molar-refractivity contribution in [1.29, 1.82) is 0 Å². The van der Waals surface area contributed by atoms with E-state index >= 15 is 0 Å². The number of nitrogens with one attached hydrogen (secondary N) is 2. The monoisotopic (exact) mass is 428 g/mol. The minimum atomic E-state index is -0.0481. The third-order valence-corrected chi connectivity index (χ3v) is 5.79. The molecule has 4 rings (SSSR count). The van der Waals surface area contributed by atoms with Gasteiger partial charge in [0, 0.05) is 11.4 Å². The number of thioether (sulfide) groups is 1. The van der Waals surface area contributed by atoms with Gasteiger partial charge in [-0.3, -0.25) is 9.89 Å². The predicted molar refractivity (Wildman–Crippen MR) is 114 cm³/mol. The van der Waals surface area contributed by atoms with Gasteiger partial charge in [-0.05, 0) is 47.7 Å². The number of aromatic amines is 1. The number of H-pyrrole nitrogens is 1. The van der Waals surface area contributed by atoms with E-state index in [2.05, 4.69) is 20.5 Å². The molecule has 1 amide bonds. The van der Waals surface area contributed by atoms with Crippen LogP contribution in [0.25, 0.3) is 12.2 Å². The first kappa shape index (κ1) is 19.5.